The second-order valence-corrected chi connectivity index (χ2v) is 3.76. The number of carbonyl (C=O) groups is 1. The lowest BCUT2D eigenvalue weighted by molar-refractivity contribution is 0.0775. The highest BCUT2D eigenvalue weighted by molar-refractivity contribution is 9.10. The van der Waals surface area contributed by atoms with Gasteiger partial charge >= 0.3 is 0 Å². The highest BCUT2D eigenvalue weighted by Gasteiger charge is 2.18. The fourth-order valence-corrected chi connectivity index (χ4v) is 1.66. The Bertz CT molecular complexity index is 378. The van der Waals surface area contributed by atoms with Crippen molar-refractivity contribution in [1.82, 2.24) is 4.90 Å². The van der Waals surface area contributed by atoms with Crippen LogP contribution in [0.25, 0.3) is 0 Å². The van der Waals surface area contributed by atoms with Crippen LogP contribution in [0.2, 0.25) is 0 Å². The first-order valence-corrected chi connectivity index (χ1v) is 5.45. The maximum absolute atomic E-state index is 11.9. The molecule has 0 radical (unpaired) electrons. The number of nitrogens with zero attached hydrogens (tertiary/aromatic N) is 1. The van der Waals surface area contributed by atoms with Gasteiger partial charge in [0.25, 0.3) is 5.91 Å². The van der Waals surface area contributed by atoms with E-state index >= 15 is 0 Å². The van der Waals surface area contributed by atoms with E-state index in [1.54, 1.807) is 11.0 Å². The van der Waals surface area contributed by atoms with Gasteiger partial charge in [-0.3, -0.25) is 4.79 Å². The van der Waals surface area contributed by atoms with Gasteiger partial charge in [-0.15, -0.1) is 6.42 Å². The van der Waals surface area contributed by atoms with Gasteiger partial charge in [0.15, 0.2) is 4.67 Å². The number of amides is 1. The van der Waals surface area contributed by atoms with Crippen molar-refractivity contribution in [2.75, 3.05) is 13.1 Å². The topological polar surface area (TPSA) is 33.5 Å². The molecule has 0 aliphatic carbocycles. The van der Waals surface area contributed by atoms with Gasteiger partial charge in [0.1, 0.15) is 0 Å². The Balaban J connectivity index is 2.81. The molecule has 0 aliphatic heterocycles. The van der Waals surface area contributed by atoms with E-state index in [4.69, 9.17) is 10.8 Å². The van der Waals surface area contributed by atoms with Gasteiger partial charge < -0.3 is 9.32 Å². The summed E-state index contributed by atoms with van der Waals surface area (Å²) in [5.41, 5.74) is 0.513. The van der Waals surface area contributed by atoms with Crippen LogP contribution in [0.15, 0.2) is 21.4 Å². The van der Waals surface area contributed by atoms with Crippen molar-refractivity contribution in [3.63, 3.8) is 0 Å². The van der Waals surface area contributed by atoms with Gasteiger partial charge in [-0.2, -0.15) is 0 Å². The van der Waals surface area contributed by atoms with Gasteiger partial charge in [0.05, 0.1) is 18.4 Å². The summed E-state index contributed by atoms with van der Waals surface area (Å²) in [6.45, 7) is 2.98. The molecule has 1 aromatic heterocycles. The fraction of sp³-hybridized carbons (Fsp3) is 0.364. The van der Waals surface area contributed by atoms with Gasteiger partial charge in [-0.05, 0) is 28.4 Å². The molecule has 0 fully saturated rings. The first-order valence-electron chi connectivity index (χ1n) is 4.66. The molecule has 1 heterocycles. The molecule has 1 amide bonds. The Labute approximate surface area is 97.6 Å². The minimum Gasteiger partial charge on any atom is -0.457 e. The lowest BCUT2D eigenvalue weighted by atomic mass is 10.2. The molecule has 0 atom stereocenters. The van der Waals surface area contributed by atoms with Crippen molar-refractivity contribution < 1.29 is 9.21 Å². The molecule has 0 saturated carbocycles. The number of terminal acetylenes is 1. The standard InChI is InChI=1S/C11H12BrNO2/c1-3-6-13(7-4-2)11(14)9-5-8-15-10(9)12/h1,5,8H,4,6-7H2,2H3. The lowest BCUT2D eigenvalue weighted by Crippen LogP contribution is -2.32. The smallest absolute Gasteiger partial charge is 0.259 e. The first kappa shape index (κ1) is 11.9. The van der Waals surface area contributed by atoms with Gasteiger partial charge in [0, 0.05) is 6.54 Å². The van der Waals surface area contributed by atoms with E-state index < -0.39 is 0 Å². The van der Waals surface area contributed by atoms with Crippen molar-refractivity contribution in [2.45, 2.75) is 13.3 Å². The molecule has 0 spiro atoms. The van der Waals surface area contributed by atoms with Crippen LogP contribution in [0.3, 0.4) is 0 Å². The number of furan rings is 1. The van der Waals surface area contributed by atoms with E-state index in [2.05, 4.69) is 21.9 Å². The van der Waals surface area contributed by atoms with E-state index in [0.717, 1.165) is 6.42 Å². The third-order valence-corrected chi connectivity index (χ3v) is 2.53. The van der Waals surface area contributed by atoms with Crippen LogP contribution >= 0.6 is 15.9 Å². The molecule has 0 aliphatic rings. The third-order valence-electron chi connectivity index (χ3n) is 1.91. The first-order chi connectivity index (χ1) is 7.20. The Kier molecular flexibility index (Phi) is 4.44. The van der Waals surface area contributed by atoms with E-state index in [9.17, 15) is 4.79 Å². The Morgan fingerprint density at radius 2 is 2.47 bits per heavy atom. The second-order valence-electron chi connectivity index (χ2n) is 3.04. The second kappa shape index (κ2) is 5.62. The zero-order valence-electron chi connectivity index (χ0n) is 8.50. The van der Waals surface area contributed by atoms with Crippen LogP contribution < -0.4 is 0 Å². The predicted octanol–water partition coefficient (Wildman–Crippen LogP) is 2.53. The molecule has 1 aromatic rings. The zero-order chi connectivity index (χ0) is 11.3. The lowest BCUT2D eigenvalue weighted by Gasteiger charge is -2.18. The number of halogens is 1. The van der Waals surface area contributed by atoms with Crippen LogP contribution in [0, 0.1) is 12.3 Å². The predicted molar refractivity (Wildman–Crippen MR) is 61.4 cm³/mol. The summed E-state index contributed by atoms with van der Waals surface area (Å²) < 4.78 is 5.46. The fourth-order valence-electron chi connectivity index (χ4n) is 1.25. The highest BCUT2D eigenvalue weighted by Crippen LogP contribution is 2.19. The minimum absolute atomic E-state index is 0.101. The number of hydrogen-bond donors (Lipinski definition) is 0. The Morgan fingerprint density at radius 1 is 1.73 bits per heavy atom. The van der Waals surface area contributed by atoms with Crippen LogP contribution in [0.1, 0.15) is 23.7 Å². The molecule has 3 nitrogen and oxygen atoms in total. The van der Waals surface area contributed by atoms with E-state index in [1.165, 1.54) is 6.26 Å². The van der Waals surface area contributed by atoms with Gasteiger partial charge in [-0.1, -0.05) is 12.8 Å². The average molecular weight is 270 g/mol. The van der Waals surface area contributed by atoms with Gasteiger partial charge in [-0.25, -0.2) is 0 Å². The number of hydrogen-bond acceptors (Lipinski definition) is 2. The molecule has 0 saturated heterocycles. The molecule has 80 valence electrons. The summed E-state index contributed by atoms with van der Waals surface area (Å²) in [6.07, 6.45) is 7.56. The number of carbonyl (C=O) groups excluding carboxylic acids is 1. The zero-order valence-corrected chi connectivity index (χ0v) is 10.1. The summed E-state index contributed by atoms with van der Waals surface area (Å²) >= 11 is 3.17. The molecule has 0 N–H and O–H groups in total. The summed E-state index contributed by atoms with van der Waals surface area (Å²) in [7, 11) is 0. The molecular formula is C11H12BrNO2. The molecular weight excluding hydrogens is 258 g/mol. The van der Waals surface area contributed by atoms with Crippen LogP contribution in [-0.2, 0) is 0 Å². The maximum atomic E-state index is 11.9. The Hall–Kier alpha value is -1.21. The largest absolute Gasteiger partial charge is 0.457 e. The van der Waals surface area contributed by atoms with Crippen LogP contribution in [0.5, 0.6) is 0 Å². The molecule has 0 aromatic carbocycles. The van der Waals surface area contributed by atoms with Crippen molar-refractivity contribution in [1.29, 1.82) is 0 Å². The SMILES string of the molecule is C#CCN(CCC)C(=O)c1ccoc1Br. The normalized spacial score (nSPS) is 9.67. The van der Waals surface area contributed by atoms with Crippen molar-refractivity contribution in [3.8, 4) is 12.3 Å². The Morgan fingerprint density at radius 3 is 2.93 bits per heavy atom. The summed E-state index contributed by atoms with van der Waals surface area (Å²) in [5.74, 6) is 2.37. The maximum Gasteiger partial charge on any atom is 0.259 e. The quantitative estimate of drug-likeness (QED) is 0.788. The third kappa shape index (κ3) is 2.87. The van der Waals surface area contributed by atoms with E-state index in [0.29, 0.717) is 23.3 Å². The van der Waals surface area contributed by atoms with Crippen molar-refractivity contribution in [3.05, 3.63) is 22.6 Å². The van der Waals surface area contributed by atoms with E-state index in [1.807, 2.05) is 6.92 Å². The molecule has 1 rings (SSSR count). The average Bonchev–Trinajstić information content (AvgIpc) is 2.63. The van der Waals surface area contributed by atoms with Crippen molar-refractivity contribution in [2.24, 2.45) is 0 Å². The molecule has 4 heteroatoms. The van der Waals surface area contributed by atoms with Gasteiger partial charge in [0.2, 0.25) is 0 Å². The molecule has 0 unspecified atom stereocenters. The molecule has 15 heavy (non-hydrogen) atoms. The van der Waals surface area contributed by atoms with Crippen LogP contribution in [0.4, 0.5) is 0 Å². The summed E-state index contributed by atoms with van der Waals surface area (Å²) in [5, 5.41) is 0. The monoisotopic (exact) mass is 269 g/mol. The number of rotatable bonds is 4. The van der Waals surface area contributed by atoms with Crippen LogP contribution in [-0.4, -0.2) is 23.9 Å². The summed E-state index contributed by atoms with van der Waals surface area (Å²) in [4.78, 5) is 13.6. The minimum atomic E-state index is -0.101. The van der Waals surface area contributed by atoms with Crippen molar-refractivity contribution >= 4 is 21.8 Å². The molecule has 0 bridgehead atoms. The highest BCUT2D eigenvalue weighted by atomic mass is 79.9. The summed E-state index contributed by atoms with van der Waals surface area (Å²) in [6, 6.07) is 1.63. The van der Waals surface area contributed by atoms with E-state index in [-0.39, 0.29) is 5.91 Å².